The van der Waals surface area contributed by atoms with E-state index in [2.05, 4.69) is 98.8 Å². The van der Waals surface area contributed by atoms with Gasteiger partial charge in [0.25, 0.3) is 0 Å². The molecule has 0 saturated carbocycles. The summed E-state index contributed by atoms with van der Waals surface area (Å²) in [6.45, 7) is 4.71. The van der Waals surface area contributed by atoms with Gasteiger partial charge in [0.2, 0.25) is 0 Å². The van der Waals surface area contributed by atoms with Crippen molar-refractivity contribution in [2.75, 3.05) is 0 Å². The zero-order valence-corrected chi connectivity index (χ0v) is 15.7. The fraction of sp³-hybridized carbons (Fsp3) is 0.231. The standard InChI is InChI=1S/C26H26/c1-3-20(24-17-9-13-22-11-5-7-15-26(22)24)18-19(2)23-16-8-12-21-10-4-6-14-25(21)23/h4-17,19-20H,3,18H2,1-2H3. The van der Waals surface area contributed by atoms with Gasteiger partial charge in [0.05, 0.1) is 0 Å². The first kappa shape index (κ1) is 16.8. The van der Waals surface area contributed by atoms with Crippen LogP contribution >= 0.6 is 0 Å². The van der Waals surface area contributed by atoms with E-state index in [1.165, 1.54) is 45.5 Å². The molecule has 0 bridgehead atoms. The van der Waals surface area contributed by atoms with Gasteiger partial charge in [-0.05, 0) is 57.3 Å². The number of rotatable bonds is 5. The highest BCUT2D eigenvalue weighted by Crippen LogP contribution is 2.37. The lowest BCUT2D eigenvalue weighted by Gasteiger charge is -2.23. The number of hydrogen-bond donors (Lipinski definition) is 0. The molecule has 0 amide bonds. The van der Waals surface area contributed by atoms with Gasteiger partial charge in [0.1, 0.15) is 0 Å². The predicted molar refractivity (Wildman–Crippen MR) is 114 cm³/mol. The lowest BCUT2D eigenvalue weighted by atomic mass is 9.81. The van der Waals surface area contributed by atoms with Crippen LogP contribution in [0.3, 0.4) is 0 Å². The second kappa shape index (κ2) is 7.33. The van der Waals surface area contributed by atoms with Crippen molar-refractivity contribution in [3.63, 3.8) is 0 Å². The average Bonchev–Trinajstić information content (AvgIpc) is 2.71. The van der Waals surface area contributed by atoms with E-state index in [-0.39, 0.29) is 0 Å². The second-order valence-electron chi connectivity index (χ2n) is 7.38. The summed E-state index contributed by atoms with van der Waals surface area (Å²) in [5.41, 5.74) is 2.97. The molecule has 0 aromatic heterocycles. The van der Waals surface area contributed by atoms with Crippen LogP contribution in [0.25, 0.3) is 21.5 Å². The molecule has 0 fully saturated rings. The smallest absolute Gasteiger partial charge is 0.0149 e. The molecule has 130 valence electrons. The van der Waals surface area contributed by atoms with E-state index < -0.39 is 0 Å². The molecular weight excluding hydrogens is 312 g/mol. The number of fused-ring (bicyclic) bond motifs is 2. The van der Waals surface area contributed by atoms with Crippen LogP contribution in [0.5, 0.6) is 0 Å². The van der Waals surface area contributed by atoms with Crippen LogP contribution in [-0.2, 0) is 0 Å². The van der Waals surface area contributed by atoms with Crippen molar-refractivity contribution in [3.05, 3.63) is 96.1 Å². The first-order valence-corrected chi connectivity index (χ1v) is 9.73. The Morgan fingerprint density at radius 1 is 0.615 bits per heavy atom. The Morgan fingerprint density at radius 2 is 1.12 bits per heavy atom. The summed E-state index contributed by atoms with van der Waals surface area (Å²) in [5.74, 6) is 1.11. The quantitative estimate of drug-likeness (QED) is 0.350. The molecule has 0 heteroatoms. The fourth-order valence-electron chi connectivity index (χ4n) is 4.35. The number of benzene rings is 4. The summed E-state index contributed by atoms with van der Waals surface area (Å²) in [6.07, 6.45) is 2.35. The summed E-state index contributed by atoms with van der Waals surface area (Å²) >= 11 is 0. The molecule has 26 heavy (non-hydrogen) atoms. The van der Waals surface area contributed by atoms with Crippen LogP contribution in [0.1, 0.15) is 49.7 Å². The summed E-state index contributed by atoms with van der Waals surface area (Å²) in [6, 6.07) is 31.0. The van der Waals surface area contributed by atoms with Gasteiger partial charge in [0.15, 0.2) is 0 Å². The Balaban J connectivity index is 1.70. The van der Waals surface area contributed by atoms with E-state index >= 15 is 0 Å². The molecule has 0 aliphatic carbocycles. The SMILES string of the molecule is CCC(CC(C)c1cccc2ccccc12)c1cccc2ccccc12. The van der Waals surface area contributed by atoms with Crippen molar-refractivity contribution >= 4 is 21.5 Å². The van der Waals surface area contributed by atoms with Crippen molar-refractivity contribution in [2.24, 2.45) is 0 Å². The molecule has 2 unspecified atom stereocenters. The fourth-order valence-corrected chi connectivity index (χ4v) is 4.35. The summed E-state index contributed by atoms with van der Waals surface area (Å²) in [7, 11) is 0. The van der Waals surface area contributed by atoms with Gasteiger partial charge in [-0.15, -0.1) is 0 Å². The zero-order chi connectivity index (χ0) is 17.9. The largest absolute Gasteiger partial charge is 0.0648 e. The van der Waals surface area contributed by atoms with Crippen LogP contribution in [0.2, 0.25) is 0 Å². The van der Waals surface area contributed by atoms with Gasteiger partial charge in [-0.3, -0.25) is 0 Å². The van der Waals surface area contributed by atoms with E-state index in [0.717, 1.165) is 0 Å². The Hall–Kier alpha value is -2.60. The summed E-state index contributed by atoms with van der Waals surface area (Å²) in [4.78, 5) is 0. The highest BCUT2D eigenvalue weighted by molar-refractivity contribution is 5.87. The van der Waals surface area contributed by atoms with Crippen LogP contribution in [0.15, 0.2) is 84.9 Å². The second-order valence-corrected chi connectivity index (χ2v) is 7.38. The van der Waals surface area contributed by atoms with Crippen molar-refractivity contribution in [2.45, 2.75) is 38.5 Å². The molecule has 0 aliphatic heterocycles. The topological polar surface area (TPSA) is 0 Å². The summed E-state index contributed by atoms with van der Waals surface area (Å²) in [5, 5.41) is 5.50. The van der Waals surface area contributed by atoms with E-state index in [4.69, 9.17) is 0 Å². The van der Waals surface area contributed by atoms with Crippen LogP contribution in [0.4, 0.5) is 0 Å². The molecule has 0 nitrogen and oxygen atoms in total. The minimum absolute atomic E-state index is 0.532. The van der Waals surface area contributed by atoms with Crippen molar-refractivity contribution in [3.8, 4) is 0 Å². The minimum atomic E-state index is 0.532. The Kier molecular flexibility index (Phi) is 4.75. The maximum Gasteiger partial charge on any atom is -0.0149 e. The molecule has 4 aromatic rings. The molecule has 0 saturated heterocycles. The molecule has 2 atom stereocenters. The monoisotopic (exact) mass is 338 g/mol. The lowest BCUT2D eigenvalue weighted by Crippen LogP contribution is -2.05. The van der Waals surface area contributed by atoms with E-state index in [1.807, 2.05) is 0 Å². The lowest BCUT2D eigenvalue weighted by molar-refractivity contribution is 0.549. The van der Waals surface area contributed by atoms with E-state index in [9.17, 15) is 0 Å². The summed E-state index contributed by atoms with van der Waals surface area (Å²) < 4.78 is 0. The van der Waals surface area contributed by atoms with Gasteiger partial charge in [-0.25, -0.2) is 0 Å². The Bertz CT molecular complexity index is 1020. The van der Waals surface area contributed by atoms with E-state index in [0.29, 0.717) is 11.8 Å². The number of hydrogen-bond acceptors (Lipinski definition) is 0. The van der Waals surface area contributed by atoms with Gasteiger partial charge in [-0.1, -0.05) is 98.8 Å². The highest BCUT2D eigenvalue weighted by Gasteiger charge is 2.18. The minimum Gasteiger partial charge on any atom is -0.0648 e. The van der Waals surface area contributed by atoms with Gasteiger partial charge in [0, 0.05) is 0 Å². The normalized spacial score (nSPS) is 13.8. The van der Waals surface area contributed by atoms with Crippen LogP contribution in [0, 0.1) is 0 Å². The molecule has 4 aromatic carbocycles. The first-order chi connectivity index (χ1) is 12.8. The molecule has 4 rings (SSSR count). The maximum atomic E-state index is 2.38. The van der Waals surface area contributed by atoms with Crippen molar-refractivity contribution in [1.82, 2.24) is 0 Å². The van der Waals surface area contributed by atoms with Crippen molar-refractivity contribution < 1.29 is 0 Å². The first-order valence-electron chi connectivity index (χ1n) is 9.73. The van der Waals surface area contributed by atoms with Crippen molar-refractivity contribution in [1.29, 1.82) is 0 Å². The van der Waals surface area contributed by atoms with E-state index in [1.54, 1.807) is 0 Å². The molecule has 0 aliphatic rings. The average molecular weight is 338 g/mol. The molecule has 0 radical (unpaired) electrons. The van der Waals surface area contributed by atoms with Gasteiger partial charge >= 0.3 is 0 Å². The third-order valence-electron chi connectivity index (χ3n) is 5.75. The molecule has 0 heterocycles. The van der Waals surface area contributed by atoms with Gasteiger partial charge < -0.3 is 0 Å². The Labute approximate surface area is 156 Å². The van der Waals surface area contributed by atoms with Crippen LogP contribution < -0.4 is 0 Å². The third-order valence-corrected chi connectivity index (χ3v) is 5.75. The zero-order valence-electron chi connectivity index (χ0n) is 15.7. The van der Waals surface area contributed by atoms with Gasteiger partial charge in [-0.2, -0.15) is 0 Å². The predicted octanol–water partition coefficient (Wildman–Crippen LogP) is 7.68. The molecule has 0 N–H and O–H groups in total. The Morgan fingerprint density at radius 3 is 1.73 bits per heavy atom. The van der Waals surface area contributed by atoms with Crippen LogP contribution in [-0.4, -0.2) is 0 Å². The third kappa shape index (κ3) is 3.12. The highest BCUT2D eigenvalue weighted by atomic mass is 14.2. The molecular formula is C26H26. The maximum absolute atomic E-state index is 2.38. The molecule has 0 spiro atoms.